The Bertz CT molecular complexity index is 721. The first-order valence-electron chi connectivity index (χ1n) is 7.52. The normalized spacial score (nSPS) is 26.4. The lowest BCUT2D eigenvalue weighted by atomic mass is 9.84. The summed E-state index contributed by atoms with van der Waals surface area (Å²) in [6.45, 7) is 2.62. The van der Waals surface area contributed by atoms with Gasteiger partial charge in [0.25, 0.3) is 0 Å². The van der Waals surface area contributed by atoms with Crippen molar-refractivity contribution in [2.75, 3.05) is 13.7 Å². The molecular weight excluding hydrogens is 282 g/mol. The van der Waals surface area contributed by atoms with Gasteiger partial charge in [0.1, 0.15) is 17.4 Å². The Hall–Kier alpha value is -2.30. The Morgan fingerprint density at radius 3 is 2.91 bits per heavy atom. The number of methoxy groups -OCH3 is 1. The van der Waals surface area contributed by atoms with Crippen LogP contribution in [0.4, 0.5) is 0 Å². The molecule has 5 heteroatoms. The van der Waals surface area contributed by atoms with Gasteiger partial charge in [0, 0.05) is 13.0 Å². The number of cyclic esters (lactones) is 1. The van der Waals surface area contributed by atoms with Crippen LogP contribution in [-0.2, 0) is 20.7 Å². The standard InChI is InChI=1S/C17H17NO4/c1-9-16-15(17(20)22-9)14(19)8-13-12-4-3-11(21-2)7-10(12)5-6-18(13)16/h3-4,7,9,13H,5-6,8H2,1-2H3/t9-,13+/m1/s1. The monoisotopic (exact) mass is 299 g/mol. The molecule has 0 aromatic heterocycles. The second kappa shape index (κ2) is 4.60. The van der Waals surface area contributed by atoms with Crippen molar-refractivity contribution in [3.8, 4) is 5.75 Å². The minimum Gasteiger partial charge on any atom is -0.497 e. The Balaban J connectivity index is 1.80. The van der Waals surface area contributed by atoms with Crippen LogP contribution in [0.15, 0.2) is 29.5 Å². The van der Waals surface area contributed by atoms with E-state index in [0.29, 0.717) is 6.42 Å². The van der Waals surface area contributed by atoms with Gasteiger partial charge in [-0.25, -0.2) is 4.79 Å². The maximum absolute atomic E-state index is 12.4. The molecule has 2 atom stereocenters. The summed E-state index contributed by atoms with van der Waals surface area (Å²) in [4.78, 5) is 26.5. The Morgan fingerprint density at radius 2 is 2.14 bits per heavy atom. The van der Waals surface area contributed by atoms with Crippen LogP contribution in [0.3, 0.4) is 0 Å². The first kappa shape index (κ1) is 13.4. The van der Waals surface area contributed by atoms with Crippen molar-refractivity contribution in [3.63, 3.8) is 0 Å². The van der Waals surface area contributed by atoms with Gasteiger partial charge >= 0.3 is 5.97 Å². The smallest absolute Gasteiger partial charge is 0.344 e. The highest BCUT2D eigenvalue weighted by Crippen LogP contribution is 2.44. The molecule has 0 N–H and O–H groups in total. The van der Waals surface area contributed by atoms with Crippen molar-refractivity contribution >= 4 is 11.8 Å². The predicted octanol–water partition coefficient (Wildman–Crippen LogP) is 1.77. The predicted molar refractivity (Wildman–Crippen MR) is 78.3 cm³/mol. The number of Topliss-reactive ketones (excluding diaryl/α,β-unsaturated/α-hetero) is 1. The van der Waals surface area contributed by atoms with Gasteiger partial charge in [-0.3, -0.25) is 4.79 Å². The van der Waals surface area contributed by atoms with E-state index in [2.05, 4.69) is 4.90 Å². The summed E-state index contributed by atoms with van der Waals surface area (Å²) >= 11 is 0. The molecule has 4 rings (SSSR count). The molecule has 0 unspecified atom stereocenters. The van der Waals surface area contributed by atoms with E-state index in [0.717, 1.165) is 30.0 Å². The van der Waals surface area contributed by atoms with Gasteiger partial charge in [-0.1, -0.05) is 6.07 Å². The number of benzene rings is 1. The largest absolute Gasteiger partial charge is 0.497 e. The summed E-state index contributed by atoms with van der Waals surface area (Å²) in [5, 5.41) is 0. The van der Waals surface area contributed by atoms with Crippen molar-refractivity contribution in [2.24, 2.45) is 0 Å². The molecule has 1 aromatic carbocycles. The van der Waals surface area contributed by atoms with Gasteiger partial charge in [0.2, 0.25) is 0 Å². The molecule has 0 amide bonds. The van der Waals surface area contributed by atoms with Crippen LogP contribution in [0.25, 0.3) is 0 Å². The van der Waals surface area contributed by atoms with Gasteiger partial charge in [0.05, 0.1) is 18.8 Å². The molecule has 0 aliphatic carbocycles. The third kappa shape index (κ3) is 1.71. The average Bonchev–Trinajstić information content (AvgIpc) is 2.82. The highest BCUT2D eigenvalue weighted by molar-refractivity contribution is 6.20. The van der Waals surface area contributed by atoms with Crippen LogP contribution in [0.1, 0.15) is 30.5 Å². The Morgan fingerprint density at radius 1 is 1.32 bits per heavy atom. The Kier molecular flexibility index (Phi) is 2.79. The van der Waals surface area contributed by atoms with Gasteiger partial charge in [0.15, 0.2) is 5.78 Å². The van der Waals surface area contributed by atoms with Crippen LogP contribution < -0.4 is 4.74 Å². The van der Waals surface area contributed by atoms with Crippen LogP contribution in [0.5, 0.6) is 5.75 Å². The third-order valence-electron chi connectivity index (χ3n) is 4.80. The average molecular weight is 299 g/mol. The number of ether oxygens (including phenoxy) is 2. The minimum absolute atomic E-state index is 0.00199. The van der Waals surface area contributed by atoms with E-state index in [-0.39, 0.29) is 23.5 Å². The summed E-state index contributed by atoms with van der Waals surface area (Å²) < 4.78 is 10.5. The zero-order valence-electron chi connectivity index (χ0n) is 12.6. The molecule has 3 heterocycles. The zero-order valence-corrected chi connectivity index (χ0v) is 12.6. The number of rotatable bonds is 1. The van der Waals surface area contributed by atoms with Crippen molar-refractivity contribution < 1.29 is 19.1 Å². The zero-order chi connectivity index (χ0) is 15.4. The molecule has 0 bridgehead atoms. The second-order valence-electron chi connectivity index (χ2n) is 5.96. The van der Waals surface area contributed by atoms with E-state index in [1.807, 2.05) is 25.1 Å². The van der Waals surface area contributed by atoms with E-state index in [9.17, 15) is 9.59 Å². The lowest BCUT2D eigenvalue weighted by Crippen LogP contribution is -2.42. The molecule has 0 fully saturated rings. The second-order valence-corrected chi connectivity index (χ2v) is 5.96. The highest BCUT2D eigenvalue weighted by atomic mass is 16.5. The number of ketones is 1. The number of nitrogens with zero attached hydrogens (tertiary/aromatic N) is 1. The highest BCUT2D eigenvalue weighted by Gasteiger charge is 2.46. The number of hydrogen-bond donors (Lipinski definition) is 0. The maximum Gasteiger partial charge on any atom is 0.344 e. The first-order valence-corrected chi connectivity index (χ1v) is 7.52. The molecule has 0 saturated carbocycles. The summed E-state index contributed by atoms with van der Waals surface area (Å²) in [6.07, 6.45) is 0.864. The summed E-state index contributed by atoms with van der Waals surface area (Å²) in [5.41, 5.74) is 3.40. The van der Waals surface area contributed by atoms with Gasteiger partial charge in [-0.05, 0) is 36.6 Å². The van der Waals surface area contributed by atoms with Crippen molar-refractivity contribution in [1.82, 2.24) is 4.90 Å². The molecule has 114 valence electrons. The SMILES string of the molecule is COc1ccc2c(c1)CCN1C3=C(C(=O)C[C@@H]21)C(=O)O[C@@H]3C. The Labute approximate surface area is 128 Å². The van der Waals surface area contributed by atoms with Gasteiger partial charge in [-0.15, -0.1) is 0 Å². The van der Waals surface area contributed by atoms with E-state index in [1.165, 1.54) is 5.56 Å². The molecule has 0 spiro atoms. The van der Waals surface area contributed by atoms with Crippen LogP contribution in [0.2, 0.25) is 0 Å². The lowest BCUT2D eigenvalue weighted by molar-refractivity contribution is -0.140. The molecule has 3 aliphatic rings. The molecule has 5 nitrogen and oxygen atoms in total. The van der Waals surface area contributed by atoms with Crippen molar-refractivity contribution in [2.45, 2.75) is 31.9 Å². The fourth-order valence-electron chi connectivity index (χ4n) is 3.82. The van der Waals surface area contributed by atoms with Gasteiger partial charge in [-0.2, -0.15) is 0 Å². The van der Waals surface area contributed by atoms with Crippen LogP contribution in [-0.4, -0.2) is 36.4 Å². The maximum atomic E-state index is 12.4. The van der Waals surface area contributed by atoms with E-state index >= 15 is 0 Å². The molecular formula is C17H17NO4. The number of esters is 1. The van der Waals surface area contributed by atoms with E-state index < -0.39 is 5.97 Å². The summed E-state index contributed by atoms with van der Waals surface area (Å²) in [6, 6.07) is 6.00. The summed E-state index contributed by atoms with van der Waals surface area (Å²) in [7, 11) is 1.65. The van der Waals surface area contributed by atoms with Crippen LogP contribution in [0, 0.1) is 0 Å². The molecule has 0 saturated heterocycles. The molecule has 0 radical (unpaired) electrons. The first-order chi connectivity index (χ1) is 10.6. The molecule has 3 aliphatic heterocycles. The fourth-order valence-corrected chi connectivity index (χ4v) is 3.82. The summed E-state index contributed by atoms with van der Waals surface area (Å²) in [5.74, 6) is 0.266. The van der Waals surface area contributed by atoms with Crippen LogP contribution >= 0.6 is 0 Å². The van der Waals surface area contributed by atoms with Gasteiger partial charge < -0.3 is 14.4 Å². The van der Waals surface area contributed by atoms with Crippen molar-refractivity contribution in [3.05, 3.63) is 40.6 Å². The van der Waals surface area contributed by atoms with E-state index in [1.54, 1.807) is 7.11 Å². The number of hydrogen-bond acceptors (Lipinski definition) is 5. The van der Waals surface area contributed by atoms with E-state index in [4.69, 9.17) is 9.47 Å². The number of carbonyl (C=O) groups excluding carboxylic acids is 2. The number of fused-ring (bicyclic) bond motifs is 4. The number of carbonyl (C=O) groups is 2. The van der Waals surface area contributed by atoms with Crippen molar-refractivity contribution in [1.29, 1.82) is 0 Å². The topological polar surface area (TPSA) is 55.8 Å². The molecule has 1 aromatic rings. The minimum atomic E-state index is -0.466. The third-order valence-corrected chi connectivity index (χ3v) is 4.80. The lowest BCUT2D eigenvalue weighted by Gasteiger charge is -2.42. The fraction of sp³-hybridized carbons (Fsp3) is 0.412. The quantitative estimate of drug-likeness (QED) is 0.584. The molecule has 22 heavy (non-hydrogen) atoms.